The standard InChI is InChI=1S/C12H16S/c1-4-7-12-11(5-2)9-6-8-10(3)13-12/h4-5,7H,1,3,6,8-9H2,2H3/b11-5-,12-7+. The highest BCUT2D eigenvalue weighted by atomic mass is 32.2. The Labute approximate surface area is 85.1 Å². The molecular formula is C12H16S. The van der Waals surface area contributed by atoms with Crippen LogP contribution in [0.25, 0.3) is 0 Å². The average Bonchev–Trinajstić information content (AvgIpc) is 2.28. The van der Waals surface area contributed by atoms with Gasteiger partial charge < -0.3 is 0 Å². The van der Waals surface area contributed by atoms with Crippen LogP contribution in [0.5, 0.6) is 0 Å². The highest BCUT2D eigenvalue weighted by molar-refractivity contribution is 8.06. The van der Waals surface area contributed by atoms with Gasteiger partial charge in [-0.2, -0.15) is 0 Å². The van der Waals surface area contributed by atoms with Crippen LogP contribution in [0.2, 0.25) is 0 Å². The predicted octanol–water partition coefficient (Wildman–Crippen LogP) is 4.43. The molecule has 0 bridgehead atoms. The molecule has 1 aliphatic heterocycles. The minimum atomic E-state index is 1.14. The van der Waals surface area contributed by atoms with E-state index in [2.05, 4.69) is 32.2 Å². The maximum Gasteiger partial charge on any atom is 0.0147 e. The maximum atomic E-state index is 4.04. The third kappa shape index (κ3) is 2.92. The van der Waals surface area contributed by atoms with Crippen LogP contribution >= 0.6 is 11.8 Å². The molecule has 0 unspecified atom stereocenters. The minimum Gasteiger partial charge on any atom is -0.0990 e. The normalized spacial score (nSPS) is 24.8. The molecule has 0 amide bonds. The first-order valence-electron chi connectivity index (χ1n) is 4.62. The van der Waals surface area contributed by atoms with Gasteiger partial charge in [-0.05, 0) is 42.7 Å². The molecule has 1 heteroatoms. The zero-order valence-corrected chi connectivity index (χ0v) is 8.99. The van der Waals surface area contributed by atoms with Gasteiger partial charge >= 0.3 is 0 Å². The van der Waals surface area contributed by atoms with Gasteiger partial charge in [-0.3, -0.25) is 0 Å². The molecule has 0 saturated carbocycles. The van der Waals surface area contributed by atoms with Crippen LogP contribution in [0, 0.1) is 0 Å². The average molecular weight is 192 g/mol. The fraction of sp³-hybridized carbons (Fsp3) is 0.333. The van der Waals surface area contributed by atoms with Gasteiger partial charge in [-0.25, -0.2) is 0 Å². The molecule has 0 spiro atoms. The van der Waals surface area contributed by atoms with Gasteiger partial charge in [0.25, 0.3) is 0 Å². The summed E-state index contributed by atoms with van der Waals surface area (Å²) in [6.07, 6.45) is 9.65. The van der Waals surface area contributed by atoms with Crippen LogP contribution in [0.15, 0.2) is 46.8 Å². The second-order valence-electron chi connectivity index (χ2n) is 3.07. The van der Waals surface area contributed by atoms with Gasteiger partial charge in [0.05, 0.1) is 0 Å². The SMILES string of the molecule is C=C/C=C1/SC(=C)CCC/C1=C/C. The molecule has 0 N–H and O–H groups in total. The summed E-state index contributed by atoms with van der Waals surface area (Å²) in [5.74, 6) is 0. The van der Waals surface area contributed by atoms with E-state index in [1.165, 1.54) is 28.2 Å². The number of hydrogen-bond acceptors (Lipinski definition) is 1. The van der Waals surface area contributed by atoms with E-state index in [4.69, 9.17) is 0 Å². The molecule has 0 aromatic rings. The molecule has 0 atom stereocenters. The topological polar surface area (TPSA) is 0 Å². The van der Waals surface area contributed by atoms with Crippen molar-refractivity contribution in [2.24, 2.45) is 0 Å². The van der Waals surface area contributed by atoms with Gasteiger partial charge in [0, 0.05) is 4.91 Å². The van der Waals surface area contributed by atoms with Crippen LogP contribution in [0.4, 0.5) is 0 Å². The van der Waals surface area contributed by atoms with E-state index in [1.54, 1.807) is 11.8 Å². The molecule has 0 nitrogen and oxygen atoms in total. The van der Waals surface area contributed by atoms with Crippen molar-refractivity contribution in [2.45, 2.75) is 26.2 Å². The van der Waals surface area contributed by atoms with Crippen LogP contribution < -0.4 is 0 Å². The lowest BCUT2D eigenvalue weighted by molar-refractivity contribution is 0.845. The summed E-state index contributed by atoms with van der Waals surface area (Å²) < 4.78 is 0. The molecule has 70 valence electrons. The van der Waals surface area contributed by atoms with E-state index in [-0.39, 0.29) is 0 Å². The van der Waals surface area contributed by atoms with Crippen molar-refractivity contribution in [3.8, 4) is 0 Å². The maximum absolute atomic E-state index is 4.04. The van der Waals surface area contributed by atoms with Crippen molar-refractivity contribution in [1.29, 1.82) is 0 Å². The first kappa shape index (κ1) is 10.4. The van der Waals surface area contributed by atoms with Gasteiger partial charge in [0.2, 0.25) is 0 Å². The molecular weight excluding hydrogens is 176 g/mol. The van der Waals surface area contributed by atoms with Crippen molar-refractivity contribution in [2.75, 3.05) is 0 Å². The summed E-state index contributed by atoms with van der Waals surface area (Å²) >= 11 is 1.79. The quantitative estimate of drug-likeness (QED) is 0.592. The Morgan fingerprint density at radius 2 is 2.15 bits per heavy atom. The van der Waals surface area contributed by atoms with E-state index in [9.17, 15) is 0 Å². The summed E-state index contributed by atoms with van der Waals surface area (Å²) in [5, 5.41) is 0. The van der Waals surface area contributed by atoms with E-state index < -0.39 is 0 Å². The van der Waals surface area contributed by atoms with E-state index in [0.29, 0.717) is 0 Å². The van der Waals surface area contributed by atoms with Crippen LogP contribution in [-0.2, 0) is 0 Å². The first-order valence-corrected chi connectivity index (χ1v) is 5.43. The summed E-state index contributed by atoms with van der Waals surface area (Å²) in [4.78, 5) is 2.59. The fourth-order valence-corrected chi connectivity index (χ4v) is 2.48. The van der Waals surface area contributed by atoms with Gasteiger partial charge in [0.15, 0.2) is 0 Å². The molecule has 0 aromatic heterocycles. The third-order valence-corrected chi connectivity index (χ3v) is 3.20. The third-order valence-electron chi connectivity index (χ3n) is 2.09. The highest BCUT2D eigenvalue weighted by Gasteiger charge is 2.11. The Morgan fingerprint density at radius 3 is 2.77 bits per heavy atom. The van der Waals surface area contributed by atoms with E-state index in [1.807, 2.05) is 6.08 Å². The van der Waals surface area contributed by atoms with Crippen molar-refractivity contribution in [3.05, 3.63) is 46.8 Å². The first-order chi connectivity index (χ1) is 6.27. The van der Waals surface area contributed by atoms with Gasteiger partial charge in [-0.1, -0.05) is 37.1 Å². The van der Waals surface area contributed by atoms with Gasteiger partial charge in [0.1, 0.15) is 0 Å². The lowest BCUT2D eigenvalue weighted by atomic mass is 10.1. The Hall–Kier alpha value is -0.690. The lowest BCUT2D eigenvalue weighted by Crippen LogP contribution is -1.81. The van der Waals surface area contributed by atoms with Crippen molar-refractivity contribution >= 4 is 11.8 Å². The summed E-state index contributed by atoms with van der Waals surface area (Å²) in [6.45, 7) is 9.87. The zero-order valence-electron chi connectivity index (χ0n) is 8.18. The number of hydrogen-bond donors (Lipinski definition) is 0. The molecule has 1 fully saturated rings. The molecule has 1 heterocycles. The fourth-order valence-electron chi connectivity index (χ4n) is 1.41. The molecule has 0 aliphatic carbocycles. The van der Waals surface area contributed by atoms with E-state index >= 15 is 0 Å². The smallest absolute Gasteiger partial charge is 0.0147 e. The van der Waals surface area contributed by atoms with Crippen molar-refractivity contribution in [1.82, 2.24) is 0 Å². The number of allylic oxidation sites excluding steroid dienone is 5. The lowest BCUT2D eigenvalue weighted by Gasteiger charge is -2.05. The summed E-state index contributed by atoms with van der Waals surface area (Å²) in [6, 6.07) is 0. The number of rotatable bonds is 1. The Bertz CT molecular complexity index is 269. The monoisotopic (exact) mass is 192 g/mol. The van der Waals surface area contributed by atoms with Crippen LogP contribution in [0.1, 0.15) is 26.2 Å². The molecule has 1 aliphatic rings. The van der Waals surface area contributed by atoms with Gasteiger partial charge in [-0.15, -0.1) is 0 Å². The second kappa shape index (κ2) is 5.13. The summed E-state index contributed by atoms with van der Waals surface area (Å²) in [5.41, 5.74) is 1.43. The Kier molecular flexibility index (Phi) is 4.10. The van der Waals surface area contributed by atoms with Crippen LogP contribution in [-0.4, -0.2) is 0 Å². The summed E-state index contributed by atoms with van der Waals surface area (Å²) in [7, 11) is 0. The second-order valence-corrected chi connectivity index (χ2v) is 4.30. The minimum absolute atomic E-state index is 1.14. The Morgan fingerprint density at radius 1 is 1.38 bits per heavy atom. The molecule has 0 aromatic carbocycles. The van der Waals surface area contributed by atoms with Crippen LogP contribution in [0.3, 0.4) is 0 Å². The molecule has 1 rings (SSSR count). The molecule has 0 radical (unpaired) electrons. The Balaban J connectivity index is 2.90. The molecule has 1 saturated heterocycles. The largest absolute Gasteiger partial charge is 0.0990 e. The van der Waals surface area contributed by atoms with E-state index in [0.717, 1.165) is 6.42 Å². The zero-order chi connectivity index (χ0) is 9.68. The van der Waals surface area contributed by atoms with Crippen molar-refractivity contribution in [3.63, 3.8) is 0 Å². The molecule has 13 heavy (non-hydrogen) atoms. The van der Waals surface area contributed by atoms with Crippen molar-refractivity contribution < 1.29 is 0 Å². The number of thioether (sulfide) groups is 1. The predicted molar refractivity (Wildman–Crippen MR) is 62.6 cm³/mol. The highest BCUT2D eigenvalue weighted by Crippen LogP contribution is 2.38.